The van der Waals surface area contributed by atoms with Crippen molar-refractivity contribution in [2.24, 2.45) is 0 Å². The Morgan fingerprint density at radius 1 is 1.41 bits per heavy atom. The average molecular weight is 237 g/mol. The van der Waals surface area contributed by atoms with Gasteiger partial charge in [-0.25, -0.2) is 9.18 Å². The van der Waals surface area contributed by atoms with Gasteiger partial charge in [-0.1, -0.05) is 18.9 Å². The van der Waals surface area contributed by atoms with Gasteiger partial charge in [-0.15, -0.1) is 0 Å². The zero-order valence-electron chi connectivity index (χ0n) is 9.58. The summed E-state index contributed by atoms with van der Waals surface area (Å²) in [5.74, 6) is -1.89. The predicted molar refractivity (Wildman–Crippen MR) is 62.5 cm³/mol. The number of halogens is 1. The zero-order valence-corrected chi connectivity index (χ0v) is 9.58. The number of carbonyl (C=O) groups is 1. The third-order valence-electron chi connectivity index (χ3n) is 3.21. The number of carboxylic acids is 1. The van der Waals surface area contributed by atoms with Crippen LogP contribution in [0.5, 0.6) is 0 Å². The van der Waals surface area contributed by atoms with Crippen LogP contribution in [0.25, 0.3) is 0 Å². The maximum Gasteiger partial charge on any atom is 0.338 e. The van der Waals surface area contributed by atoms with Crippen LogP contribution in [0.1, 0.15) is 41.6 Å². The maximum absolute atomic E-state index is 13.4. The molecule has 1 fully saturated rings. The first-order chi connectivity index (χ1) is 8.16. The molecule has 92 valence electrons. The summed E-state index contributed by atoms with van der Waals surface area (Å²) < 4.78 is 13.4. The van der Waals surface area contributed by atoms with E-state index in [0.29, 0.717) is 12.6 Å². The quantitative estimate of drug-likeness (QED) is 0.846. The number of rotatable bonds is 4. The van der Waals surface area contributed by atoms with Gasteiger partial charge in [-0.3, -0.25) is 0 Å². The lowest BCUT2D eigenvalue weighted by Gasteiger charge is -2.11. The minimum absolute atomic E-state index is 0.269. The van der Waals surface area contributed by atoms with E-state index in [9.17, 15) is 9.18 Å². The van der Waals surface area contributed by atoms with E-state index in [0.717, 1.165) is 5.56 Å². The lowest BCUT2D eigenvalue weighted by Crippen LogP contribution is -2.25. The van der Waals surface area contributed by atoms with Crippen molar-refractivity contribution in [2.45, 2.75) is 38.3 Å². The topological polar surface area (TPSA) is 49.3 Å². The molecule has 1 aliphatic rings. The Kier molecular flexibility index (Phi) is 3.74. The van der Waals surface area contributed by atoms with E-state index in [1.807, 2.05) is 0 Å². The second-order valence-electron chi connectivity index (χ2n) is 4.48. The van der Waals surface area contributed by atoms with Gasteiger partial charge in [0, 0.05) is 12.6 Å². The van der Waals surface area contributed by atoms with Gasteiger partial charge >= 0.3 is 5.97 Å². The smallest absolute Gasteiger partial charge is 0.338 e. The molecule has 1 aliphatic carbocycles. The van der Waals surface area contributed by atoms with E-state index in [-0.39, 0.29) is 5.56 Å². The molecule has 3 nitrogen and oxygen atoms in total. The fraction of sp³-hybridized carbons (Fsp3) is 0.462. The molecule has 0 radical (unpaired) electrons. The molecule has 17 heavy (non-hydrogen) atoms. The van der Waals surface area contributed by atoms with Crippen molar-refractivity contribution in [3.05, 3.63) is 35.1 Å². The molecular formula is C13H16FNO2. The van der Waals surface area contributed by atoms with Crippen molar-refractivity contribution in [3.63, 3.8) is 0 Å². The Morgan fingerprint density at radius 2 is 2.12 bits per heavy atom. The monoisotopic (exact) mass is 237 g/mol. The van der Waals surface area contributed by atoms with Crippen molar-refractivity contribution < 1.29 is 14.3 Å². The third-order valence-corrected chi connectivity index (χ3v) is 3.21. The molecule has 1 aromatic carbocycles. The summed E-state index contributed by atoms with van der Waals surface area (Å²) in [6, 6.07) is 4.81. The van der Waals surface area contributed by atoms with Crippen molar-refractivity contribution in [1.82, 2.24) is 5.32 Å². The number of benzene rings is 1. The van der Waals surface area contributed by atoms with E-state index in [4.69, 9.17) is 5.11 Å². The Morgan fingerprint density at radius 3 is 2.71 bits per heavy atom. The van der Waals surface area contributed by atoms with Crippen molar-refractivity contribution in [3.8, 4) is 0 Å². The van der Waals surface area contributed by atoms with Crippen molar-refractivity contribution in [2.75, 3.05) is 0 Å². The molecule has 0 amide bonds. The molecule has 2 N–H and O–H groups in total. The van der Waals surface area contributed by atoms with Crippen LogP contribution in [0.4, 0.5) is 4.39 Å². The minimum atomic E-state index is -1.22. The highest BCUT2D eigenvalue weighted by atomic mass is 19.1. The highest BCUT2D eigenvalue weighted by Crippen LogP contribution is 2.18. The summed E-state index contributed by atoms with van der Waals surface area (Å²) in [7, 11) is 0. The van der Waals surface area contributed by atoms with E-state index >= 15 is 0 Å². The number of hydrogen-bond acceptors (Lipinski definition) is 2. The first-order valence-corrected chi connectivity index (χ1v) is 5.92. The first-order valence-electron chi connectivity index (χ1n) is 5.92. The van der Waals surface area contributed by atoms with E-state index in [2.05, 4.69) is 5.32 Å². The van der Waals surface area contributed by atoms with Gasteiger partial charge in [0.05, 0.1) is 5.56 Å². The Bertz CT molecular complexity index is 414. The van der Waals surface area contributed by atoms with E-state index in [1.165, 1.54) is 37.8 Å². The van der Waals surface area contributed by atoms with Crippen molar-refractivity contribution in [1.29, 1.82) is 0 Å². The van der Waals surface area contributed by atoms with E-state index < -0.39 is 11.8 Å². The van der Waals surface area contributed by atoms with E-state index in [1.54, 1.807) is 6.07 Å². The SMILES string of the molecule is O=C(O)c1ccc(CNC2CCCC2)cc1F. The summed E-state index contributed by atoms with van der Waals surface area (Å²) in [4.78, 5) is 10.6. The molecule has 0 atom stereocenters. The summed E-state index contributed by atoms with van der Waals surface area (Å²) in [5.41, 5.74) is 0.522. The molecule has 4 heteroatoms. The van der Waals surface area contributed by atoms with Gasteiger partial charge in [0.15, 0.2) is 0 Å². The first kappa shape index (κ1) is 12.0. The van der Waals surface area contributed by atoms with Gasteiger partial charge in [-0.05, 0) is 30.5 Å². The van der Waals surface area contributed by atoms with Gasteiger partial charge in [0.2, 0.25) is 0 Å². The number of nitrogens with one attached hydrogen (secondary N) is 1. The fourth-order valence-electron chi connectivity index (χ4n) is 2.23. The average Bonchev–Trinajstić information content (AvgIpc) is 2.78. The van der Waals surface area contributed by atoms with Crippen LogP contribution in [0.3, 0.4) is 0 Å². The molecule has 1 saturated carbocycles. The van der Waals surface area contributed by atoms with Crippen LogP contribution >= 0.6 is 0 Å². The molecule has 0 spiro atoms. The highest BCUT2D eigenvalue weighted by molar-refractivity contribution is 5.87. The molecule has 2 rings (SSSR count). The van der Waals surface area contributed by atoms with Crippen LogP contribution in [-0.4, -0.2) is 17.1 Å². The predicted octanol–water partition coefficient (Wildman–Crippen LogP) is 2.56. The van der Waals surface area contributed by atoms with Gasteiger partial charge < -0.3 is 10.4 Å². The Balaban J connectivity index is 1.97. The highest BCUT2D eigenvalue weighted by Gasteiger charge is 2.15. The second kappa shape index (κ2) is 5.27. The molecule has 0 bridgehead atoms. The van der Waals surface area contributed by atoms with Crippen LogP contribution in [-0.2, 0) is 6.54 Å². The van der Waals surface area contributed by atoms with Crippen LogP contribution in [0.15, 0.2) is 18.2 Å². The van der Waals surface area contributed by atoms with Gasteiger partial charge in [0.1, 0.15) is 5.82 Å². The zero-order chi connectivity index (χ0) is 12.3. The Labute approximate surface area is 99.7 Å². The largest absolute Gasteiger partial charge is 0.478 e. The Hall–Kier alpha value is -1.42. The second-order valence-corrected chi connectivity index (χ2v) is 4.48. The molecule has 0 aliphatic heterocycles. The van der Waals surface area contributed by atoms with Crippen LogP contribution in [0.2, 0.25) is 0 Å². The van der Waals surface area contributed by atoms with Gasteiger partial charge in [0.25, 0.3) is 0 Å². The maximum atomic E-state index is 13.4. The summed E-state index contributed by atoms with van der Waals surface area (Å²) in [6.45, 7) is 0.599. The number of carboxylic acid groups (broad SMARTS) is 1. The summed E-state index contributed by atoms with van der Waals surface area (Å²) in [5, 5.41) is 12.1. The molecule has 0 saturated heterocycles. The number of aromatic carboxylic acids is 1. The molecular weight excluding hydrogens is 221 g/mol. The van der Waals surface area contributed by atoms with Gasteiger partial charge in [-0.2, -0.15) is 0 Å². The van der Waals surface area contributed by atoms with Crippen molar-refractivity contribution >= 4 is 5.97 Å². The van der Waals surface area contributed by atoms with Crippen LogP contribution in [0, 0.1) is 5.82 Å². The molecule has 0 heterocycles. The lowest BCUT2D eigenvalue weighted by molar-refractivity contribution is 0.0692. The third kappa shape index (κ3) is 3.03. The summed E-state index contributed by atoms with van der Waals surface area (Å²) in [6.07, 6.45) is 4.86. The summed E-state index contributed by atoms with van der Waals surface area (Å²) >= 11 is 0. The molecule has 0 unspecified atom stereocenters. The molecule has 0 aromatic heterocycles. The minimum Gasteiger partial charge on any atom is -0.478 e. The molecule has 1 aromatic rings. The number of hydrogen-bond donors (Lipinski definition) is 2. The normalized spacial score (nSPS) is 16.3. The fourth-order valence-corrected chi connectivity index (χ4v) is 2.23. The van der Waals surface area contributed by atoms with Crippen LogP contribution < -0.4 is 5.32 Å². The lowest BCUT2D eigenvalue weighted by atomic mass is 10.1. The standard InChI is InChI=1S/C13H16FNO2/c14-12-7-9(5-6-11(12)13(16)17)8-15-10-3-1-2-4-10/h5-7,10,15H,1-4,8H2,(H,16,17).